The number of thiazole rings is 1. The number of aryl methyl sites for hydroxylation is 2. The number of hydrogen-bond donors (Lipinski definition) is 0. The molecule has 0 N–H and O–H groups in total. The zero-order valence-electron chi connectivity index (χ0n) is 15.9. The molecule has 1 aromatic carbocycles. The fourth-order valence-electron chi connectivity index (χ4n) is 3.63. The summed E-state index contributed by atoms with van der Waals surface area (Å²) in [6.07, 6.45) is 4.17. The Bertz CT molecular complexity index is 980. The normalized spacial score (nSPS) is 17.1. The van der Waals surface area contributed by atoms with E-state index in [-0.39, 0.29) is 17.6 Å². The van der Waals surface area contributed by atoms with Gasteiger partial charge in [0.15, 0.2) is 5.89 Å². The SMILES string of the molecule is Cc1nc(C)c(C(=O)N2CCC[C@@H](c3ncc(Cc4ccc(F)cc4)o3)C2)s1. The van der Waals surface area contributed by atoms with Gasteiger partial charge in [0, 0.05) is 19.5 Å². The minimum absolute atomic E-state index is 0.0471. The van der Waals surface area contributed by atoms with E-state index in [0.717, 1.165) is 46.3 Å². The van der Waals surface area contributed by atoms with Crippen LogP contribution in [0.3, 0.4) is 0 Å². The van der Waals surface area contributed by atoms with Gasteiger partial charge in [0.1, 0.15) is 16.5 Å². The zero-order chi connectivity index (χ0) is 19.7. The number of benzene rings is 1. The number of likely N-dealkylation sites (tertiary alicyclic amines) is 1. The Morgan fingerprint density at radius 1 is 1.32 bits per heavy atom. The van der Waals surface area contributed by atoms with Crippen LogP contribution in [-0.2, 0) is 6.42 Å². The topological polar surface area (TPSA) is 59.2 Å². The second-order valence-corrected chi connectivity index (χ2v) is 8.41. The first-order valence-corrected chi connectivity index (χ1v) is 10.2. The first-order chi connectivity index (χ1) is 13.5. The molecule has 1 atom stereocenters. The van der Waals surface area contributed by atoms with Crippen LogP contribution < -0.4 is 0 Å². The lowest BCUT2D eigenvalue weighted by Gasteiger charge is -2.31. The average molecular weight is 399 g/mol. The van der Waals surface area contributed by atoms with E-state index in [0.29, 0.717) is 18.9 Å². The lowest BCUT2D eigenvalue weighted by atomic mass is 9.98. The number of hydrogen-bond acceptors (Lipinski definition) is 5. The molecule has 0 radical (unpaired) electrons. The molecule has 7 heteroatoms. The van der Waals surface area contributed by atoms with Gasteiger partial charge >= 0.3 is 0 Å². The minimum atomic E-state index is -0.250. The Kier molecular flexibility index (Phi) is 5.26. The van der Waals surface area contributed by atoms with Crippen molar-refractivity contribution < 1.29 is 13.6 Å². The molecule has 0 spiro atoms. The molecule has 0 saturated carbocycles. The third kappa shape index (κ3) is 3.99. The Morgan fingerprint density at radius 2 is 2.11 bits per heavy atom. The average Bonchev–Trinajstić information content (AvgIpc) is 3.29. The summed E-state index contributed by atoms with van der Waals surface area (Å²) >= 11 is 1.45. The third-order valence-electron chi connectivity index (χ3n) is 5.02. The highest BCUT2D eigenvalue weighted by Gasteiger charge is 2.30. The Morgan fingerprint density at radius 3 is 2.82 bits per heavy atom. The summed E-state index contributed by atoms with van der Waals surface area (Å²) in [5.74, 6) is 1.31. The molecule has 28 heavy (non-hydrogen) atoms. The molecule has 2 aromatic heterocycles. The molecule has 1 saturated heterocycles. The summed E-state index contributed by atoms with van der Waals surface area (Å²) in [6.45, 7) is 5.15. The maximum atomic E-state index is 13.1. The molecule has 1 aliphatic heterocycles. The quantitative estimate of drug-likeness (QED) is 0.648. The zero-order valence-corrected chi connectivity index (χ0v) is 16.8. The van der Waals surface area contributed by atoms with E-state index in [9.17, 15) is 9.18 Å². The van der Waals surface area contributed by atoms with Crippen LogP contribution in [0.4, 0.5) is 4.39 Å². The van der Waals surface area contributed by atoms with Crippen LogP contribution >= 0.6 is 11.3 Å². The fourth-order valence-corrected chi connectivity index (χ4v) is 4.52. The number of amides is 1. The molecular formula is C21H22FN3O2S. The Hall–Kier alpha value is -2.54. The number of carbonyl (C=O) groups is 1. The highest BCUT2D eigenvalue weighted by atomic mass is 32.1. The van der Waals surface area contributed by atoms with Crippen LogP contribution in [0.15, 0.2) is 34.9 Å². The van der Waals surface area contributed by atoms with Gasteiger partial charge in [-0.15, -0.1) is 11.3 Å². The number of nitrogens with zero attached hydrogens (tertiary/aromatic N) is 3. The Balaban J connectivity index is 1.44. The molecule has 3 heterocycles. The van der Waals surface area contributed by atoms with Crippen LogP contribution in [0, 0.1) is 19.7 Å². The van der Waals surface area contributed by atoms with Gasteiger partial charge in [-0.2, -0.15) is 0 Å². The van der Waals surface area contributed by atoms with Crippen molar-refractivity contribution in [1.82, 2.24) is 14.9 Å². The number of carbonyl (C=O) groups excluding carboxylic acids is 1. The van der Waals surface area contributed by atoms with E-state index in [4.69, 9.17) is 4.42 Å². The van der Waals surface area contributed by atoms with Crippen molar-refractivity contribution in [2.75, 3.05) is 13.1 Å². The maximum absolute atomic E-state index is 13.1. The molecular weight excluding hydrogens is 377 g/mol. The van der Waals surface area contributed by atoms with E-state index < -0.39 is 0 Å². The highest BCUT2D eigenvalue weighted by Crippen LogP contribution is 2.29. The molecule has 4 rings (SSSR count). The number of aromatic nitrogens is 2. The molecule has 5 nitrogen and oxygen atoms in total. The van der Waals surface area contributed by atoms with Gasteiger partial charge in [0.25, 0.3) is 5.91 Å². The highest BCUT2D eigenvalue weighted by molar-refractivity contribution is 7.13. The van der Waals surface area contributed by atoms with Gasteiger partial charge in [-0.1, -0.05) is 12.1 Å². The van der Waals surface area contributed by atoms with Crippen LogP contribution in [0.25, 0.3) is 0 Å². The van der Waals surface area contributed by atoms with Gasteiger partial charge in [-0.3, -0.25) is 4.79 Å². The van der Waals surface area contributed by atoms with Crippen LogP contribution in [0.1, 0.15) is 56.3 Å². The second-order valence-electron chi connectivity index (χ2n) is 7.21. The van der Waals surface area contributed by atoms with Gasteiger partial charge in [0.05, 0.1) is 22.8 Å². The van der Waals surface area contributed by atoms with E-state index in [1.165, 1.54) is 23.5 Å². The summed E-state index contributed by atoms with van der Waals surface area (Å²) in [7, 11) is 0. The van der Waals surface area contributed by atoms with Crippen molar-refractivity contribution in [3.63, 3.8) is 0 Å². The van der Waals surface area contributed by atoms with E-state index >= 15 is 0 Å². The van der Waals surface area contributed by atoms with Crippen molar-refractivity contribution in [2.45, 2.75) is 39.0 Å². The summed E-state index contributed by atoms with van der Waals surface area (Å²) in [5, 5.41) is 0.910. The number of halogens is 1. The first-order valence-electron chi connectivity index (χ1n) is 9.42. The summed E-state index contributed by atoms with van der Waals surface area (Å²) in [6, 6.07) is 6.39. The van der Waals surface area contributed by atoms with Gasteiger partial charge in [-0.25, -0.2) is 14.4 Å². The summed E-state index contributed by atoms with van der Waals surface area (Å²) < 4.78 is 19.0. The first kappa shape index (κ1) is 18.8. The molecule has 0 unspecified atom stereocenters. The minimum Gasteiger partial charge on any atom is -0.445 e. The number of piperidine rings is 1. The maximum Gasteiger partial charge on any atom is 0.265 e. The van der Waals surface area contributed by atoms with Crippen molar-refractivity contribution in [1.29, 1.82) is 0 Å². The molecule has 1 fully saturated rings. The van der Waals surface area contributed by atoms with Crippen molar-refractivity contribution >= 4 is 17.2 Å². The fraction of sp³-hybridized carbons (Fsp3) is 0.381. The van der Waals surface area contributed by atoms with Crippen molar-refractivity contribution in [3.05, 3.63) is 69.1 Å². The number of oxazole rings is 1. The third-order valence-corrected chi connectivity index (χ3v) is 6.08. The standard InChI is InChI=1S/C21H22FN3O2S/c1-13-19(28-14(2)24-13)21(26)25-9-3-4-16(12-25)20-23-11-18(27-20)10-15-5-7-17(22)8-6-15/h5-8,11,16H,3-4,9-10,12H2,1-2H3/t16-/m1/s1. The van der Waals surface area contributed by atoms with E-state index in [1.807, 2.05) is 18.7 Å². The van der Waals surface area contributed by atoms with Crippen LogP contribution in [-0.4, -0.2) is 33.9 Å². The predicted molar refractivity (Wildman–Crippen MR) is 105 cm³/mol. The summed E-state index contributed by atoms with van der Waals surface area (Å²) in [5.41, 5.74) is 1.77. The Labute approximate surface area is 167 Å². The molecule has 3 aromatic rings. The number of rotatable bonds is 4. The van der Waals surface area contributed by atoms with Crippen molar-refractivity contribution in [2.24, 2.45) is 0 Å². The van der Waals surface area contributed by atoms with Gasteiger partial charge in [-0.05, 0) is 44.4 Å². The van der Waals surface area contributed by atoms with Crippen molar-refractivity contribution in [3.8, 4) is 0 Å². The second kappa shape index (κ2) is 7.83. The van der Waals surface area contributed by atoms with Crippen LogP contribution in [0.2, 0.25) is 0 Å². The predicted octanol–water partition coefficient (Wildman–Crippen LogP) is 4.50. The monoisotopic (exact) mass is 399 g/mol. The lowest BCUT2D eigenvalue weighted by Crippen LogP contribution is -2.39. The molecule has 1 aliphatic rings. The van der Waals surface area contributed by atoms with Gasteiger partial charge in [0.2, 0.25) is 0 Å². The van der Waals surface area contributed by atoms with Crippen LogP contribution in [0.5, 0.6) is 0 Å². The smallest absolute Gasteiger partial charge is 0.265 e. The molecule has 1 amide bonds. The molecule has 146 valence electrons. The molecule has 0 aliphatic carbocycles. The van der Waals surface area contributed by atoms with Gasteiger partial charge < -0.3 is 9.32 Å². The van der Waals surface area contributed by atoms with E-state index in [2.05, 4.69) is 9.97 Å². The van der Waals surface area contributed by atoms with E-state index in [1.54, 1.807) is 18.3 Å². The largest absolute Gasteiger partial charge is 0.445 e. The lowest BCUT2D eigenvalue weighted by molar-refractivity contribution is 0.0702. The summed E-state index contributed by atoms with van der Waals surface area (Å²) in [4.78, 5) is 24.3. The molecule has 0 bridgehead atoms.